The summed E-state index contributed by atoms with van der Waals surface area (Å²) in [7, 11) is -0.702. The van der Waals surface area contributed by atoms with Gasteiger partial charge in [0.2, 0.25) is 15.9 Å². The molecule has 0 fully saturated rings. The molecule has 0 spiro atoms. The fraction of sp³-hybridized carbons (Fsp3) is 0.579. The Morgan fingerprint density at radius 2 is 1.82 bits per heavy atom. The van der Waals surface area contributed by atoms with E-state index in [1.165, 1.54) is 20.2 Å². The van der Waals surface area contributed by atoms with E-state index < -0.39 is 10.0 Å². The average Bonchev–Trinajstić information content (AvgIpc) is 2.55. The number of anilines is 1. The lowest BCUT2D eigenvalue weighted by Crippen LogP contribution is -2.39. The number of sulfonamides is 1. The minimum Gasteiger partial charge on any atom is -0.465 e. The van der Waals surface area contributed by atoms with Crippen LogP contribution in [0.3, 0.4) is 0 Å². The molecule has 28 heavy (non-hydrogen) atoms. The van der Waals surface area contributed by atoms with E-state index in [0.29, 0.717) is 17.8 Å². The number of hydrogen-bond acceptors (Lipinski definition) is 6. The molecule has 158 valence electrons. The van der Waals surface area contributed by atoms with Gasteiger partial charge in [-0.15, -0.1) is 0 Å². The SMILES string of the molecule is CCOC(=O)CN(CC(=O)Nc1ccc(C)c(S(=O)(=O)N(C)C)c1)CC(C)C. The van der Waals surface area contributed by atoms with E-state index >= 15 is 0 Å². The number of rotatable bonds is 10. The first kappa shape index (κ1) is 24.1. The van der Waals surface area contributed by atoms with Gasteiger partial charge in [-0.3, -0.25) is 14.5 Å². The molecule has 1 aromatic carbocycles. The largest absolute Gasteiger partial charge is 0.465 e. The zero-order valence-electron chi connectivity index (χ0n) is 17.5. The molecule has 0 aliphatic rings. The smallest absolute Gasteiger partial charge is 0.320 e. The number of carbonyl (C=O) groups is 2. The van der Waals surface area contributed by atoms with Crippen molar-refractivity contribution in [1.82, 2.24) is 9.21 Å². The third-order valence-corrected chi connectivity index (χ3v) is 5.84. The second-order valence-electron chi connectivity index (χ2n) is 7.18. The first-order chi connectivity index (χ1) is 13.0. The van der Waals surface area contributed by atoms with Crippen molar-refractivity contribution in [2.75, 3.05) is 45.7 Å². The number of amides is 1. The van der Waals surface area contributed by atoms with Crippen LogP contribution < -0.4 is 5.32 Å². The van der Waals surface area contributed by atoms with E-state index in [4.69, 9.17) is 4.74 Å². The monoisotopic (exact) mass is 413 g/mol. The van der Waals surface area contributed by atoms with Gasteiger partial charge in [0, 0.05) is 26.3 Å². The summed E-state index contributed by atoms with van der Waals surface area (Å²) in [6, 6.07) is 4.75. The van der Waals surface area contributed by atoms with Crippen LogP contribution in [-0.4, -0.2) is 69.8 Å². The van der Waals surface area contributed by atoms with Crippen LogP contribution in [0.4, 0.5) is 5.69 Å². The summed E-state index contributed by atoms with van der Waals surface area (Å²) in [5, 5.41) is 2.71. The van der Waals surface area contributed by atoms with E-state index in [9.17, 15) is 18.0 Å². The number of ether oxygens (including phenoxy) is 1. The van der Waals surface area contributed by atoms with E-state index in [-0.39, 0.29) is 42.4 Å². The van der Waals surface area contributed by atoms with Gasteiger partial charge >= 0.3 is 5.97 Å². The van der Waals surface area contributed by atoms with Crippen LogP contribution in [0.5, 0.6) is 0 Å². The Morgan fingerprint density at radius 1 is 1.18 bits per heavy atom. The van der Waals surface area contributed by atoms with Gasteiger partial charge in [0.1, 0.15) is 0 Å². The number of aryl methyl sites for hydroxylation is 1. The predicted octanol–water partition coefficient (Wildman–Crippen LogP) is 1.70. The van der Waals surface area contributed by atoms with Gasteiger partial charge in [0.25, 0.3) is 0 Å². The molecule has 0 aliphatic carbocycles. The molecule has 1 amide bonds. The van der Waals surface area contributed by atoms with E-state index in [2.05, 4.69) is 5.32 Å². The van der Waals surface area contributed by atoms with Crippen LogP contribution in [-0.2, 0) is 24.3 Å². The van der Waals surface area contributed by atoms with Crippen molar-refractivity contribution in [1.29, 1.82) is 0 Å². The summed E-state index contributed by atoms with van der Waals surface area (Å²) >= 11 is 0. The van der Waals surface area contributed by atoms with Gasteiger partial charge in [-0.1, -0.05) is 19.9 Å². The molecule has 0 aliphatic heterocycles. The lowest BCUT2D eigenvalue weighted by molar-refractivity contribution is -0.144. The Morgan fingerprint density at radius 3 is 2.36 bits per heavy atom. The summed E-state index contributed by atoms with van der Waals surface area (Å²) in [5.74, 6) is -0.453. The molecule has 0 aromatic heterocycles. The lowest BCUT2D eigenvalue weighted by atomic mass is 10.2. The topological polar surface area (TPSA) is 96.0 Å². The van der Waals surface area contributed by atoms with Gasteiger partial charge in [0.15, 0.2) is 0 Å². The Labute approximate surface area is 167 Å². The predicted molar refractivity (Wildman–Crippen MR) is 109 cm³/mol. The number of benzene rings is 1. The quantitative estimate of drug-likeness (QED) is 0.587. The van der Waals surface area contributed by atoms with E-state index in [1.807, 2.05) is 13.8 Å². The molecular formula is C19H31N3O5S. The maximum atomic E-state index is 12.5. The van der Waals surface area contributed by atoms with Crippen molar-refractivity contribution in [3.8, 4) is 0 Å². The molecule has 0 saturated heterocycles. The van der Waals surface area contributed by atoms with Crippen LogP contribution in [0.25, 0.3) is 0 Å². The van der Waals surface area contributed by atoms with Gasteiger partial charge in [-0.2, -0.15) is 0 Å². The van der Waals surface area contributed by atoms with Gasteiger partial charge in [-0.05, 0) is 37.5 Å². The third kappa shape index (κ3) is 7.21. The van der Waals surface area contributed by atoms with Gasteiger partial charge in [-0.25, -0.2) is 12.7 Å². The number of esters is 1. The van der Waals surface area contributed by atoms with Gasteiger partial charge in [0.05, 0.1) is 24.6 Å². The lowest BCUT2D eigenvalue weighted by Gasteiger charge is -2.22. The van der Waals surface area contributed by atoms with Crippen LogP contribution in [0.1, 0.15) is 26.3 Å². The molecule has 0 radical (unpaired) electrons. The molecule has 1 N–H and O–H groups in total. The second kappa shape index (κ2) is 10.5. The Balaban J connectivity index is 2.92. The van der Waals surface area contributed by atoms with Crippen molar-refractivity contribution in [3.05, 3.63) is 23.8 Å². The molecule has 8 nitrogen and oxygen atoms in total. The highest BCUT2D eigenvalue weighted by Crippen LogP contribution is 2.22. The molecule has 9 heteroatoms. The van der Waals surface area contributed by atoms with Crippen molar-refractivity contribution < 1.29 is 22.7 Å². The highest BCUT2D eigenvalue weighted by molar-refractivity contribution is 7.89. The maximum Gasteiger partial charge on any atom is 0.320 e. The molecule has 0 saturated carbocycles. The molecule has 1 aromatic rings. The normalized spacial score (nSPS) is 11.9. The average molecular weight is 414 g/mol. The first-order valence-corrected chi connectivity index (χ1v) is 10.6. The molecule has 0 atom stereocenters. The summed E-state index contributed by atoms with van der Waals surface area (Å²) in [6.07, 6.45) is 0. The summed E-state index contributed by atoms with van der Waals surface area (Å²) in [5.41, 5.74) is 0.979. The van der Waals surface area contributed by atoms with Crippen molar-refractivity contribution >= 4 is 27.6 Å². The van der Waals surface area contributed by atoms with Crippen LogP contribution in [0.2, 0.25) is 0 Å². The first-order valence-electron chi connectivity index (χ1n) is 9.18. The minimum atomic E-state index is -3.62. The molecule has 0 heterocycles. The van der Waals surface area contributed by atoms with Crippen LogP contribution in [0.15, 0.2) is 23.1 Å². The summed E-state index contributed by atoms with van der Waals surface area (Å²) in [6.45, 7) is 8.28. The molecule has 1 rings (SSSR count). The van der Waals surface area contributed by atoms with E-state index in [0.717, 1.165) is 4.31 Å². The minimum absolute atomic E-state index is 0.000630. The fourth-order valence-corrected chi connectivity index (χ4v) is 3.79. The molecule has 0 unspecified atom stereocenters. The second-order valence-corrected chi connectivity index (χ2v) is 9.30. The standard InChI is InChI=1S/C19H31N3O5S/c1-7-27-19(24)13-22(11-14(2)3)12-18(23)20-16-9-8-15(4)17(10-16)28(25,26)21(5)6/h8-10,14H,7,11-13H2,1-6H3,(H,20,23). The molecule has 0 bridgehead atoms. The van der Waals surface area contributed by atoms with Crippen LogP contribution in [0, 0.1) is 12.8 Å². The van der Waals surface area contributed by atoms with Gasteiger partial charge < -0.3 is 10.1 Å². The Kier molecular flexibility index (Phi) is 9.06. The number of carbonyl (C=O) groups excluding carboxylic acids is 2. The van der Waals surface area contributed by atoms with Crippen molar-refractivity contribution in [2.45, 2.75) is 32.6 Å². The highest BCUT2D eigenvalue weighted by atomic mass is 32.2. The maximum absolute atomic E-state index is 12.5. The Hall–Kier alpha value is -1.97. The third-order valence-electron chi connectivity index (χ3n) is 3.88. The van der Waals surface area contributed by atoms with Crippen molar-refractivity contribution in [3.63, 3.8) is 0 Å². The van der Waals surface area contributed by atoms with Crippen LogP contribution >= 0.6 is 0 Å². The Bertz CT molecular complexity index is 791. The fourth-order valence-electron chi connectivity index (χ4n) is 2.65. The van der Waals surface area contributed by atoms with E-state index in [1.54, 1.807) is 30.9 Å². The number of hydrogen-bond donors (Lipinski definition) is 1. The zero-order chi connectivity index (χ0) is 21.5. The van der Waals surface area contributed by atoms with Crippen molar-refractivity contribution in [2.24, 2.45) is 5.92 Å². The molecular weight excluding hydrogens is 382 g/mol. The summed E-state index contributed by atoms with van der Waals surface area (Å²) < 4.78 is 30.9. The zero-order valence-corrected chi connectivity index (χ0v) is 18.3. The summed E-state index contributed by atoms with van der Waals surface area (Å²) in [4.78, 5) is 26.1. The highest BCUT2D eigenvalue weighted by Gasteiger charge is 2.21. The number of nitrogens with one attached hydrogen (secondary N) is 1. The number of nitrogens with zero attached hydrogens (tertiary/aromatic N) is 2.